The zero-order valence-corrected chi connectivity index (χ0v) is 12.3. The third kappa shape index (κ3) is 3.48. The van der Waals surface area contributed by atoms with Gasteiger partial charge in [-0.25, -0.2) is 0 Å². The van der Waals surface area contributed by atoms with Crippen molar-refractivity contribution in [1.29, 1.82) is 0 Å². The summed E-state index contributed by atoms with van der Waals surface area (Å²) in [5.74, 6) is 1.55. The molecule has 2 saturated carbocycles. The smallest absolute Gasteiger partial charge is 0.0613 e. The Morgan fingerprint density at radius 3 is 2.44 bits per heavy atom. The van der Waals surface area contributed by atoms with Crippen LogP contribution in [-0.2, 0) is 0 Å². The Bertz CT molecular complexity index is 247. The van der Waals surface area contributed by atoms with Crippen molar-refractivity contribution in [2.75, 3.05) is 6.61 Å². The van der Waals surface area contributed by atoms with E-state index >= 15 is 0 Å². The number of hydrogen-bond acceptors (Lipinski definition) is 2. The van der Waals surface area contributed by atoms with E-state index < -0.39 is 0 Å². The molecule has 2 unspecified atom stereocenters. The number of nitrogens with one attached hydrogen (secondary N) is 1. The predicted molar refractivity (Wildman–Crippen MR) is 76.6 cm³/mol. The molecule has 0 spiro atoms. The number of rotatable bonds is 4. The Hall–Kier alpha value is -0.0800. The summed E-state index contributed by atoms with van der Waals surface area (Å²) in [6.07, 6.45) is 11.7. The third-order valence-corrected chi connectivity index (χ3v) is 5.24. The van der Waals surface area contributed by atoms with Crippen LogP contribution in [0.25, 0.3) is 0 Å². The average Bonchev–Trinajstić information content (AvgIpc) is 2.40. The van der Waals surface area contributed by atoms with E-state index in [1.165, 1.54) is 57.8 Å². The van der Waals surface area contributed by atoms with Crippen LogP contribution in [-0.4, -0.2) is 23.3 Å². The first-order chi connectivity index (χ1) is 8.65. The second kappa shape index (κ2) is 6.38. The fourth-order valence-electron chi connectivity index (χ4n) is 3.98. The van der Waals surface area contributed by atoms with Crippen molar-refractivity contribution in [3.05, 3.63) is 0 Å². The van der Waals surface area contributed by atoms with E-state index in [0.717, 1.165) is 11.8 Å². The molecule has 0 bridgehead atoms. The van der Waals surface area contributed by atoms with Crippen molar-refractivity contribution in [3.8, 4) is 0 Å². The summed E-state index contributed by atoms with van der Waals surface area (Å²) >= 11 is 0. The molecular weight excluding hydrogens is 222 g/mol. The van der Waals surface area contributed by atoms with Crippen molar-refractivity contribution in [1.82, 2.24) is 5.32 Å². The molecule has 0 radical (unpaired) electrons. The SMILES string of the molecule is CC(C)C1CCCC(CO)(NC2CCCCC2)C1. The van der Waals surface area contributed by atoms with Gasteiger partial charge in [0.05, 0.1) is 6.61 Å². The lowest BCUT2D eigenvalue weighted by Crippen LogP contribution is -2.56. The third-order valence-electron chi connectivity index (χ3n) is 5.24. The average molecular weight is 253 g/mol. The van der Waals surface area contributed by atoms with Crippen LogP contribution in [0.5, 0.6) is 0 Å². The highest BCUT2D eigenvalue weighted by atomic mass is 16.3. The first kappa shape index (κ1) is 14.3. The molecule has 0 heterocycles. The maximum absolute atomic E-state index is 9.91. The molecular formula is C16H31NO. The fraction of sp³-hybridized carbons (Fsp3) is 1.00. The van der Waals surface area contributed by atoms with Crippen molar-refractivity contribution >= 4 is 0 Å². The molecule has 2 aliphatic rings. The maximum Gasteiger partial charge on any atom is 0.0613 e. The van der Waals surface area contributed by atoms with Crippen LogP contribution >= 0.6 is 0 Å². The van der Waals surface area contributed by atoms with E-state index in [2.05, 4.69) is 19.2 Å². The summed E-state index contributed by atoms with van der Waals surface area (Å²) in [6.45, 7) is 4.99. The van der Waals surface area contributed by atoms with E-state index in [1.807, 2.05) is 0 Å². The molecule has 0 aromatic heterocycles. The standard InChI is InChI=1S/C16H31NO/c1-13(2)14-7-6-10-16(11-14,12-18)17-15-8-4-3-5-9-15/h13-15,17-18H,3-12H2,1-2H3. The Labute approximate surface area is 113 Å². The van der Waals surface area contributed by atoms with Crippen LogP contribution in [0.4, 0.5) is 0 Å². The molecule has 0 aromatic rings. The van der Waals surface area contributed by atoms with Gasteiger partial charge in [0.15, 0.2) is 0 Å². The number of hydrogen-bond donors (Lipinski definition) is 2. The first-order valence-corrected chi connectivity index (χ1v) is 8.04. The largest absolute Gasteiger partial charge is 0.394 e. The molecule has 106 valence electrons. The van der Waals surface area contributed by atoms with Crippen LogP contribution in [0, 0.1) is 11.8 Å². The summed E-state index contributed by atoms with van der Waals surface area (Å²) in [6, 6.07) is 0.664. The second-order valence-electron chi connectivity index (χ2n) is 7.02. The molecule has 2 atom stereocenters. The molecule has 0 aliphatic heterocycles. The van der Waals surface area contributed by atoms with Gasteiger partial charge in [0.1, 0.15) is 0 Å². The molecule has 2 N–H and O–H groups in total. The van der Waals surface area contributed by atoms with Gasteiger partial charge in [-0.1, -0.05) is 46.0 Å². The van der Waals surface area contributed by atoms with Gasteiger partial charge < -0.3 is 10.4 Å². The zero-order valence-electron chi connectivity index (χ0n) is 12.3. The molecule has 0 saturated heterocycles. The Morgan fingerprint density at radius 2 is 1.83 bits per heavy atom. The van der Waals surface area contributed by atoms with E-state index in [1.54, 1.807) is 0 Å². The highest BCUT2D eigenvalue weighted by Crippen LogP contribution is 2.37. The van der Waals surface area contributed by atoms with E-state index in [9.17, 15) is 5.11 Å². The molecule has 2 rings (SSSR count). The lowest BCUT2D eigenvalue weighted by Gasteiger charge is -2.44. The quantitative estimate of drug-likeness (QED) is 0.804. The minimum atomic E-state index is 0.0369. The summed E-state index contributed by atoms with van der Waals surface area (Å²) in [5, 5.41) is 13.8. The molecule has 0 amide bonds. The first-order valence-electron chi connectivity index (χ1n) is 8.04. The predicted octanol–water partition coefficient (Wildman–Crippen LogP) is 3.49. The minimum absolute atomic E-state index is 0.0369. The maximum atomic E-state index is 9.91. The zero-order chi connectivity index (χ0) is 13.0. The van der Waals surface area contributed by atoms with Gasteiger partial charge in [0.25, 0.3) is 0 Å². The Morgan fingerprint density at radius 1 is 1.11 bits per heavy atom. The van der Waals surface area contributed by atoms with Crippen LogP contribution in [0.3, 0.4) is 0 Å². The lowest BCUT2D eigenvalue weighted by molar-refractivity contribution is 0.0662. The molecule has 18 heavy (non-hydrogen) atoms. The topological polar surface area (TPSA) is 32.3 Å². The summed E-state index contributed by atoms with van der Waals surface area (Å²) in [5.41, 5.74) is 0.0369. The molecule has 2 heteroatoms. The van der Waals surface area contributed by atoms with Gasteiger partial charge in [0.2, 0.25) is 0 Å². The van der Waals surface area contributed by atoms with E-state index in [4.69, 9.17) is 0 Å². The lowest BCUT2D eigenvalue weighted by atomic mass is 9.71. The normalized spacial score (nSPS) is 35.0. The van der Waals surface area contributed by atoms with Crippen molar-refractivity contribution in [2.24, 2.45) is 11.8 Å². The van der Waals surface area contributed by atoms with Gasteiger partial charge in [-0.3, -0.25) is 0 Å². The van der Waals surface area contributed by atoms with Gasteiger partial charge in [-0.15, -0.1) is 0 Å². The van der Waals surface area contributed by atoms with Gasteiger partial charge in [-0.2, -0.15) is 0 Å². The second-order valence-corrected chi connectivity index (χ2v) is 7.02. The van der Waals surface area contributed by atoms with Crippen molar-refractivity contribution in [2.45, 2.75) is 83.2 Å². The highest BCUT2D eigenvalue weighted by Gasteiger charge is 2.38. The van der Waals surface area contributed by atoms with E-state index in [0.29, 0.717) is 12.6 Å². The van der Waals surface area contributed by atoms with Crippen LogP contribution < -0.4 is 5.32 Å². The fourth-order valence-corrected chi connectivity index (χ4v) is 3.98. The molecule has 2 nitrogen and oxygen atoms in total. The Kier molecular flexibility index (Phi) is 5.08. The summed E-state index contributed by atoms with van der Waals surface area (Å²) < 4.78 is 0. The summed E-state index contributed by atoms with van der Waals surface area (Å²) in [4.78, 5) is 0. The monoisotopic (exact) mass is 253 g/mol. The van der Waals surface area contributed by atoms with Crippen LogP contribution in [0.1, 0.15) is 71.6 Å². The molecule has 2 fully saturated rings. The van der Waals surface area contributed by atoms with Crippen LogP contribution in [0.15, 0.2) is 0 Å². The van der Waals surface area contributed by atoms with E-state index in [-0.39, 0.29) is 5.54 Å². The molecule has 0 aromatic carbocycles. The number of aliphatic hydroxyl groups is 1. The molecule has 2 aliphatic carbocycles. The van der Waals surface area contributed by atoms with Gasteiger partial charge >= 0.3 is 0 Å². The van der Waals surface area contributed by atoms with Gasteiger partial charge in [-0.05, 0) is 37.5 Å². The van der Waals surface area contributed by atoms with Crippen molar-refractivity contribution < 1.29 is 5.11 Å². The van der Waals surface area contributed by atoms with Crippen molar-refractivity contribution in [3.63, 3.8) is 0 Å². The number of aliphatic hydroxyl groups excluding tert-OH is 1. The Balaban J connectivity index is 1.95. The van der Waals surface area contributed by atoms with Crippen LogP contribution in [0.2, 0.25) is 0 Å². The minimum Gasteiger partial charge on any atom is -0.394 e. The highest BCUT2D eigenvalue weighted by molar-refractivity contribution is 4.96. The van der Waals surface area contributed by atoms with Gasteiger partial charge in [0, 0.05) is 11.6 Å². The summed E-state index contributed by atoms with van der Waals surface area (Å²) in [7, 11) is 0.